The van der Waals surface area contributed by atoms with E-state index in [0.717, 1.165) is 6.42 Å². The van der Waals surface area contributed by atoms with E-state index < -0.39 is 10.8 Å². The smallest absolute Gasteiger partial charge is 0.324 e. The molecule has 1 N–H and O–H groups in total. The highest BCUT2D eigenvalue weighted by Crippen LogP contribution is 2.07. The maximum Gasteiger partial charge on any atom is 0.324 e. The van der Waals surface area contributed by atoms with E-state index in [1.54, 1.807) is 0 Å². The van der Waals surface area contributed by atoms with Crippen LogP contribution in [-0.2, 0) is 9.59 Å². The van der Waals surface area contributed by atoms with Crippen LogP contribution in [0.15, 0.2) is 12.2 Å². The van der Waals surface area contributed by atoms with E-state index in [0.29, 0.717) is 6.42 Å². The van der Waals surface area contributed by atoms with Crippen molar-refractivity contribution < 1.29 is 14.7 Å². The number of Topliss-reactive ketones (excluding diaryl/α,β-unsaturated/α-hetero) is 1. The number of hydrogen-bond donors (Lipinski definition) is 1. The van der Waals surface area contributed by atoms with E-state index in [-0.39, 0.29) is 12.2 Å². The summed E-state index contributed by atoms with van der Waals surface area (Å²) in [6.45, 7) is 2.16. The van der Waals surface area contributed by atoms with Crippen LogP contribution in [0.5, 0.6) is 0 Å². The fraction of sp³-hybridized carbons (Fsp3) is 0.667. The molecule has 0 aromatic rings. The lowest BCUT2D eigenvalue weighted by atomic mass is 10.1. The molecule has 16 heavy (non-hydrogen) atoms. The lowest BCUT2D eigenvalue weighted by molar-refractivity contribution is -0.139. The number of allylic oxidation sites excluding steroid dienone is 2. The molecule has 0 aromatic carbocycles. The molecule has 3 nitrogen and oxygen atoms in total. The molecular weight excluding hydrogens is 272 g/mol. The number of carbonyl (C=O) groups excluding carboxylic acids is 1. The van der Waals surface area contributed by atoms with E-state index in [9.17, 15) is 9.59 Å². The molecule has 0 amide bonds. The molecule has 1 unspecified atom stereocenters. The highest BCUT2D eigenvalue weighted by Gasteiger charge is 2.20. The molecule has 0 heterocycles. The van der Waals surface area contributed by atoms with E-state index >= 15 is 0 Å². The molecular formula is C12H19BrO3. The lowest BCUT2D eigenvalue weighted by Gasteiger charge is -2.01. The Morgan fingerprint density at radius 2 is 1.88 bits per heavy atom. The average Bonchev–Trinajstić information content (AvgIpc) is 2.26. The quantitative estimate of drug-likeness (QED) is 0.307. The van der Waals surface area contributed by atoms with Crippen molar-refractivity contribution in [1.29, 1.82) is 0 Å². The zero-order valence-corrected chi connectivity index (χ0v) is 11.2. The maximum absolute atomic E-state index is 11.3. The standard InChI is InChI=1S/C12H19BrO3/c1-2-3-4-5-6-7-8-9-10(14)11(13)12(15)16/h6-7,11H,2-5,8-9H2,1H3,(H,15,16). The SMILES string of the molecule is CCCCCC=CCCC(=O)C(Br)C(=O)O. The van der Waals surface area contributed by atoms with Crippen LogP contribution in [0.3, 0.4) is 0 Å². The van der Waals surface area contributed by atoms with E-state index in [1.165, 1.54) is 19.3 Å². The summed E-state index contributed by atoms with van der Waals surface area (Å²) in [5.74, 6) is -1.39. The lowest BCUT2D eigenvalue weighted by Crippen LogP contribution is -2.23. The van der Waals surface area contributed by atoms with Gasteiger partial charge in [0, 0.05) is 6.42 Å². The first kappa shape index (κ1) is 15.4. The minimum Gasteiger partial charge on any atom is -0.480 e. The van der Waals surface area contributed by atoms with Crippen molar-refractivity contribution in [2.24, 2.45) is 0 Å². The van der Waals surface area contributed by atoms with Crippen molar-refractivity contribution >= 4 is 27.7 Å². The molecule has 92 valence electrons. The summed E-state index contributed by atoms with van der Waals surface area (Å²) in [6.07, 6.45) is 9.58. The van der Waals surface area contributed by atoms with E-state index in [1.807, 2.05) is 6.08 Å². The zero-order valence-electron chi connectivity index (χ0n) is 9.62. The molecule has 0 saturated heterocycles. The average molecular weight is 291 g/mol. The Morgan fingerprint density at radius 3 is 2.44 bits per heavy atom. The largest absolute Gasteiger partial charge is 0.480 e. The molecule has 0 aliphatic carbocycles. The van der Waals surface area contributed by atoms with Crippen LogP contribution in [0.25, 0.3) is 0 Å². The first-order valence-electron chi connectivity index (χ1n) is 5.64. The van der Waals surface area contributed by atoms with Gasteiger partial charge in [-0.05, 0) is 19.3 Å². The van der Waals surface area contributed by atoms with Crippen LogP contribution in [0.2, 0.25) is 0 Å². The van der Waals surface area contributed by atoms with Gasteiger partial charge < -0.3 is 5.11 Å². The van der Waals surface area contributed by atoms with Crippen LogP contribution in [0.4, 0.5) is 0 Å². The Bertz CT molecular complexity index is 249. The molecule has 1 atom stereocenters. The second-order valence-corrected chi connectivity index (χ2v) is 4.59. The fourth-order valence-electron chi connectivity index (χ4n) is 1.24. The highest BCUT2D eigenvalue weighted by atomic mass is 79.9. The molecule has 0 rings (SSSR count). The van der Waals surface area contributed by atoms with Crippen molar-refractivity contribution in [1.82, 2.24) is 0 Å². The minimum absolute atomic E-state index is 0.272. The molecule has 0 fully saturated rings. The van der Waals surface area contributed by atoms with Gasteiger partial charge in [0.05, 0.1) is 0 Å². The molecule has 0 radical (unpaired) electrons. The first-order valence-corrected chi connectivity index (χ1v) is 6.55. The third-order valence-electron chi connectivity index (χ3n) is 2.20. The maximum atomic E-state index is 11.3. The van der Waals surface area contributed by atoms with Crippen molar-refractivity contribution in [3.8, 4) is 0 Å². The summed E-state index contributed by atoms with van der Waals surface area (Å²) in [6, 6.07) is 0. The van der Waals surface area contributed by atoms with Gasteiger partial charge >= 0.3 is 5.97 Å². The Hall–Kier alpha value is -0.640. The fourth-order valence-corrected chi connectivity index (χ4v) is 1.47. The number of carbonyl (C=O) groups is 2. The molecule has 0 bridgehead atoms. The van der Waals surface area contributed by atoms with E-state index in [2.05, 4.69) is 28.9 Å². The topological polar surface area (TPSA) is 54.4 Å². The van der Waals surface area contributed by atoms with Crippen LogP contribution in [0.1, 0.15) is 45.4 Å². The van der Waals surface area contributed by atoms with Gasteiger partial charge in [-0.15, -0.1) is 0 Å². The predicted octanol–water partition coefficient (Wildman–Crippen LogP) is 3.32. The van der Waals surface area contributed by atoms with E-state index in [4.69, 9.17) is 5.11 Å². The summed E-state index contributed by atoms with van der Waals surface area (Å²) < 4.78 is 0. The van der Waals surface area contributed by atoms with Gasteiger partial charge in [0.25, 0.3) is 0 Å². The van der Waals surface area contributed by atoms with Crippen molar-refractivity contribution in [3.63, 3.8) is 0 Å². The second kappa shape index (κ2) is 9.58. The highest BCUT2D eigenvalue weighted by molar-refractivity contribution is 9.10. The number of carboxylic acid groups (broad SMARTS) is 1. The summed E-state index contributed by atoms with van der Waals surface area (Å²) in [4.78, 5) is 20.7. The first-order chi connectivity index (χ1) is 7.59. The van der Waals surface area contributed by atoms with Gasteiger partial charge in [-0.2, -0.15) is 0 Å². The van der Waals surface area contributed by atoms with Gasteiger partial charge in [-0.3, -0.25) is 9.59 Å². The number of alkyl halides is 1. The number of hydrogen-bond acceptors (Lipinski definition) is 2. The van der Waals surface area contributed by atoms with Gasteiger partial charge in [0.2, 0.25) is 0 Å². The summed E-state index contributed by atoms with van der Waals surface area (Å²) in [5, 5.41) is 8.57. The number of ketones is 1. The number of unbranched alkanes of at least 4 members (excludes halogenated alkanes) is 3. The summed E-state index contributed by atoms with van der Waals surface area (Å²) >= 11 is 2.84. The Labute approximate surface area is 105 Å². The Balaban J connectivity index is 3.58. The number of rotatable bonds is 9. The van der Waals surface area contributed by atoms with Crippen LogP contribution in [-0.4, -0.2) is 21.7 Å². The summed E-state index contributed by atoms with van der Waals surface area (Å²) in [7, 11) is 0. The number of aliphatic carboxylic acids is 1. The Morgan fingerprint density at radius 1 is 1.25 bits per heavy atom. The Kier molecular flexibility index (Phi) is 9.19. The van der Waals surface area contributed by atoms with Gasteiger partial charge in [0.1, 0.15) is 0 Å². The van der Waals surface area contributed by atoms with Gasteiger partial charge in [-0.1, -0.05) is 47.8 Å². The molecule has 0 aromatic heterocycles. The number of carboxylic acids is 1. The monoisotopic (exact) mass is 290 g/mol. The molecule has 0 aliphatic heterocycles. The van der Waals surface area contributed by atoms with Gasteiger partial charge in [0.15, 0.2) is 10.6 Å². The molecule has 0 spiro atoms. The zero-order chi connectivity index (χ0) is 12.4. The van der Waals surface area contributed by atoms with Crippen LogP contribution < -0.4 is 0 Å². The van der Waals surface area contributed by atoms with Crippen molar-refractivity contribution in [2.75, 3.05) is 0 Å². The second-order valence-electron chi connectivity index (χ2n) is 3.67. The molecule has 0 aliphatic rings. The van der Waals surface area contributed by atoms with Gasteiger partial charge in [-0.25, -0.2) is 0 Å². The van der Waals surface area contributed by atoms with Crippen molar-refractivity contribution in [3.05, 3.63) is 12.2 Å². The molecule has 4 heteroatoms. The normalized spacial score (nSPS) is 12.9. The minimum atomic E-state index is -1.11. The number of halogens is 1. The van der Waals surface area contributed by atoms with Crippen LogP contribution in [0, 0.1) is 0 Å². The summed E-state index contributed by atoms with van der Waals surface area (Å²) in [5.41, 5.74) is 0. The molecule has 0 saturated carbocycles. The third kappa shape index (κ3) is 7.63. The predicted molar refractivity (Wildman–Crippen MR) is 67.9 cm³/mol. The van der Waals surface area contributed by atoms with Crippen molar-refractivity contribution in [2.45, 2.75) is 50.3 Å². The third-order valence-corrected chi connectivity index (χ3v) is 3.10. The van der Waals surface area contributed by atoms with Crippen LogP contribution >= 0.6 is 15.9 Å².